The molecule has 0 aliphatic carbocycles. The van der Waals surface area contributed by atoms with E-state index in [0.717, 1.165) is 24.1 Å². The van der Waals surface area contributed by atoms with E-state index < -0.39 is 12.7 Å². The minimum atomic E-state index is -4.13. The number of hydrogen-bond donors (Lipinski definition) is 0. The Morgan fingerprint density at radius 1 is 1.35 bits per heavy atom. The maximum atomic E-state index is 12.5. The Kier molecular flexibility index (Phi) is 2.36. The van der Waals surface area contributed by atoms with Crippen molar-refractivity contribution in [2.75, 3.05) is 6.54 Å². The lowest BCUT2D eigenvalue weighted by atomic mass is 9.99. The van der Waals surface area contributed by atoms with Gasteiger partial charge >= 0.3 is 6.18 Å². The third kappa shape index (κ3) is 1.90. The van der Waals surface area contributed by atoms with E-state index in [1.807, 2.05) is 0 Å². The Hall–Kier alpha value is -1.17. The summed E-state index contributed by atoms with van der Waals surface area (Å²) in [6.07, 6.45) is 1.21. The standard InChI is InChI=1S/C11H12F3N3/c12-11(13,14)5-17-7-1-2-10(17)8-4-15-6-16-9(8)3-7/h4,6-7,10H,1-3,5H2. The van der Waals surface area contributed by atoms with Crippen LogP contribution in [0.25, 0.3) is 0 Å². The molecule has 3 heterocycles. The quantitative estimate of drug-likeness (QED) is 0.756. The predicted molar refractivity (Wildman–Crippen MR) is 54.3 cm³/mol. The van der Waals surface area contributed by atoms with Crippen LogP contribution in [-0.4, -0.2) is 33.6 Å². The van der Waals surface area contributed by atoms with Gasteiger partial charge in [-0.05, 0) is 12.8 Å². The molecule has 2 aliphatic heterocycles. The third-order valence-corrected chi connectivity index (χ3v) is 3.62. The number of hydrogen-bond acceptors (Lipinski definition) is 3. The second-order valence-electron chi connectivity index (χ2n) is 4.66. The van der Waals surface area contributed by atoms with Crippen molar-refractivity contribution >= 4 is 0 Å². The number of halogens is 3. The zero-order valence-corrected chi connectivity index (χ0v) is 9.11. The van der Waals surface area contributed by atoms with Crippen molar-refractivity contribution < 1.29 is 13.2 Å². The van der Waals surface area contributed by atoms with E-state index in [9.17, 15) is 13.2 Å². The fraction of sp³-hybridized carbons (Fsp3) is 0.636. The summed E-state index contributed by atoms with van der Waals surface area (Å²) >= 11 is 0. The first-order valence-corrected chi connectivity index (χ1v) is 5.66. The SMILES string of the molecule is FC(F)(F)CN1C2CCC1c1cncnc1C2. The van der Waals surface area contributed by atoms with Crippen molar-refractivity contribution in [2.24, 2.45) is 0 Å². The summed E-state index contributed by atoms with van der Waals surface area (Å²) in [5.74, 6) is 0. The molecule has 2 atom stereocenters. The molecule has 17 heavy (non-hydrogen) atoms. The highest BCUT2D eigenvalue weighted by molar-refractivity contribution is 5.27. The van der Waals surface area contributed by atoms with Gasteiger partial charge in [-0.25, -0.2) is 9.97 Å². The van der Waals surface area contributed by atoms with Gasteiger partial charge in [0.15, 0.2) is 0 Å². The summed E-state index contributed by atoms with van der Waals surface area (Å²) in [4.78, 5) is 9.66. The first-order chi connectivity index (χ1) is 8.04. The fourth-order valence-electron chi connectivity index (χ4n) is 2.97. The minimum Gasteiger partial charge on any atom is -0.284 e. The summed E-state index contributed by atoms with van der Waals surface area (Å²) in [5, 5.41) is 0. The van der Waals surface area contributed by atoms with Gasteiger partial charge in [0.05, 0.1) is 12.2 Å². The molecule has 2 unspecified atom stereocenters. The van der Waals surface area contributed by atoms with Gasteiger partial charge in [0.1, 0.15) is 6.33 Å². The van der Waals surface area contributed by atoms with Crippen molar-refractivity contribution in [1.29, 1.82) is 0 Å². The largest absolute Gasteiger partial charge is 0.401 e. The van der Waals surface area contributed by atoms with Crippen molar-refractivity contribution in [3.05, 3.63) is 23.8 Å². The molecule has 1 aromatic heterocycles. The van der Waals surface area contributed by atoms with Crippen LogP contribution in [0.1, 0.15) is 30.1 Å². The summed E-state index contributed by atoms with van der Waals surface area (Å²) in [5.41, 5.74) is 1.80. The number of aromatic nitrogens is 2. The molecular formula is C11H12F3N3. The lowest BCUT2D eigenvalue weighted by Gasteiger charge is -2.35. The van der Waals surface area contributed by atoms with E-state index >= 15 is 0 Å². The highest BCUT2D eigenvalue weighted by Gasteiger charge is 2.45. The molecule has 2 aliphatic rings. The summed E-state index contributed by atoms with van der Waals surface area (Å²) in [6, 6.07) is -0.157. The minimum absolute atomic E-state index is 0.0102. The van der Waals surface area contributed by atoms with Crippen LogP contribution in [0.3, 0.4) is 0 Å². The van der Waals surface area contributed by atoms with Gasteiger partial charge in [-0.2, -0.15) is 13.2 Å². The van der Waals surface area contributed by atoms with Gasteiger partial charge < -0.3 is 0 Å². The molecule has 2 bridgehead atoms. The van der Waals surface area contributed by atoms with Crippen LogP contribution in [0.2, 0.25) is 0 Å². The molecule has 3 nitrogen and oxygen atoms in total. The highest BCUT2D eigenvalue weighted by atomic mass is 19.4. The van der Waals surface area contributed by atoms with Crippen LogP contribution >= 0.6 is 0 Å². The molecule has 6 heteroatoms. The van der Waals surface area contributed by atoms with Gasteiger partial charge in [0, 0.05) is 30.3 Å². The Balaban J connectivity index is 1.92. The van der Waals surface area contributed by atoms with Crippen molar-refractivity contribution in [1.82, 2.24) is 14.9 Å². The molecule has 0 N–H and O–H groups in total. The average molecular weight is 243 g/mol. The Bertz CT molecular complexity index is 432. The van der Waals surface area contributed by atoms with Gasteiger partial charge in [-0.1, -0.05) is 0 Å². The molecule has 0 amide bonds. The zero-order valence-electron chi connectivity index (χ0n) is 9.11. The van der Waals surface area contributed by atoms with Crippen LogP contribution < -0.4 is 0 Å². The molecule has 92 valence electrons. The summed E-state index contributed by atoms with van der Waals surface area (Å²) in [7, 11) is 0. The van der Waals surface area contributed by atoms with E-state index in [0.29, 0.717) is 6.42 Å². The molecule has 0 radical (unpaired) electrons. The van der Waals surface area contributed by atoms with E-state index in [2.05, 4.69) is 9.97 Å². The van der Waals surface area contributed by atoms with Crippen LogP contribution in [0.5, 0.6) is 0 Å². The predicted octanol–water partition coefficient (Wildman–Crippen LogP) is 2.10. The van der Waals surface area contributed by atoms with Crippen molar-refractivity contribution in [3.63, 3.8) is 0 Å². The van der Waals surface area contributed by atoms with Crippen LogP contribution in [0, 0.1) is 0 Å². The number of rotatable bonds is 1. The lowest BCUT2D eigenvalue weighted by Crippen LogP contribution is -2.43. The smallest absolute Gasteiger partial charge is 0.284 e. The average Bonchev–Trinajstić information content (AvgIpc) is 2.53. The first-order valence-electron chi connectivity index (χ1n) is 5.66. The maximum absolute atomic E-state index is 12.5. The lowest BCUT2D eigenvalue weighted by molar-refractivity contribution is -0.153. The normalized spacial score (nSPS) is 28.2. The van der Waals surface area contributed by atoms with E-state index in [1.165, 1.54) is 6.33 Å². The molecule has 0 spiro atoms. The monoisotopic (exact) mass is 243 g/mol. The molecular weight excluding hydrogens is 231 g/mol. The van der Waals surface area contributed by atoms with Crippen molar-refractivity contribution in [3.8, 4) is 0 Å². The number of nitrogens with zero attached hydrogens (tertiary/aromatic N) is 3. The zero-order chi connectivity index (χ0) is 12.0. The Morgan fingerprint density at radius 3 is 2.94 bits per heavy atom. The Labute approximate surface area is 96.7 Å². The summed E-state index contributed by atoms with van der Waals surface area (Å²) < 4.78 is 37.6. The first kappa shape index (κ1) is 11.0. The Morgan fingerprint density at radius 2 is 2.18 bits per heavy atom. The second kappa shape index (κ2) is 3.66. The molecule has 3 rings (SSSR count). The van der Waals surface area contributed by atoms with E-state index in [-0.39, 0.29) is 12.1 Å². The van der Waals surface area contributed by atoms with Gasteiger partial charge in [-0.3, -0.25) is 4.90 Å². The summed E-state index contributed by atoms with van der Waals surface area (Å²) in [6.45, 7) is -0.823. The van der Waals surface area contributed by atoms with Gasteiger partial charge in [0.2, 0.25) is 0 Å². The third-order valence-electron chi connectivity index (χ3n) is 3.62. The van der Waals surface area contributed by atoms with Gasteiger partial charge in [-0.15, -0.1) is 0 Å². The molecule has 1 saturated heterocycles. The highest BCUT2D eigenvalue weighted by Crippen LogP contribution is 2.43. The van der Waals surface area contributed by atoms with Gasteiger partial charge in [0.25, 0.3) is 0 Å². The topological polar surface area (TPSA) is 29.0 Å². The molecule has 1 aromatic rings. The number of fused-ring (bicyclic) bond motifs is 4. The van der Waals surface area contributed by atoms with E-state index in [4.69, 9.17) is 0 Å². The van der Waals surface area contributed by atoms with Crippen LogP contribution in [0.4, 0.5) is 13.2 Å². The van der Waals surface area contributed by atoms with Crippen LogP contribution in [-0.2, 0) is 6.42 Å². The number of alkyl halides is 3. The van der Waals surface area contributed by atoms with E-state index in [1.54, 1.807) is 11.1 Å². The molecule has 0 saturated carbocycles. The maximum Gasteiger partial charge on any atom is 0.401 e. The fourth-order valence-corrected chi connectivity index (χ4v) is 2.97. The molecule has 0 aromatic carbocycles. The molecule has 1 fully saturated rings. The second-order valence-corrected chi connectivity index (χ2v) is 4.66. The van der Waals surface area contributed by atoms with Crippen molar-refractivity contribution in [2.45, 2.75) is 37.5 Å². The van der Waals surface area contributed by atoms with Crippen LogP contribution in [0.15, 0.2) is 12.5 Å².